The van der Waals surface area contributed by atoms with Gasteiger partial charge in [-0.15, -0.1) is 0 Å². The van der Waals surface area contributed by atoms with Crippen molar-refractivity contribution in [3.63, 3.8) is 0 Å². The van der Waals surface area contributed by atoms with E-state index in [-0.39, 0.29) is 0 Å². The lowest BCUT2D eigenvalue weighted by Gasteiger charge is -2.04. The Morgan fingerprint density at radius 3 is 1.33 bits per heavy atom. The molecule has 93 valence electrons. The van der Waals surface area contributed by atoms with Gasteiger partial charge in [-0.05, 0) is 48.2 Å². The van der Waals surface area contributed by atoms with Crippen molar-refractivity contribution >= 4 is 18.4 Å². The third-order valence-electron chi connectivity index (χ3n) is 3.16. The van der Waals surface area contributed by atoms with Crippen LogP contribution in [0, 0.1) is 0 Å². The van der Waals surface area contributed by atoms with Crippen LogP contribution in [-0.2, 0) is 17.4 Å². The maximum atomic E-state index is 12.4. The van der Waals surface area contributed by atoms with Crippen LogP contribution in [0.15, 0.2) is 48.5 Å². The van der Waals surface area contributed by atoms with Crippen LogP contribution in [0.3, 0.4) is 0 Å². The van der Waals surface area contributed by atoms with Gasteiger partial charge in [-0.3, -0.25) is 4.57 Å². The Kier molecular flexibility index (Phi) is 4.28. The molecule has 0 aromatic heterocycles. The highest BCUT2D eigenvalue weighted by Gasteiger charge is 2.07. The molecule has 0 aliphatic heterocycles. The monoisotopic (exact) mass is 257 g/mol. The molecule has 0 aliphatic rings. The fraction of sp³-hybridized carbons (Fsp3) is 0.250. The topological polar surface area (TPSA) is 17.1 Å². The normalized spacial score (nSPS) is 10.3. The molecule has 0 fully saturated rings. The van der Waals surface area contributed by atoms with Crippen molar-refractivity contribution in [2.24, 2.45) is 0 Å². The third kappa shape index (κ3) is 2.86. The molecule has 1 radical (unpaired) electrons. The van der Waals surface area contributed by atoms with Gasteiger partial charge in [0.15, 0.2) is 0 Å². The molecule has 0 spiro atoms. The van der Waals surface area contributed by atoms with E-state index in [1.54, 1.807) is 0 Å². The van der Waals surface area contributed by atoms with E-state index in [2.05, 4.69) is 38.1 Å². The first kappa shape index (κ1) is 13.0. The van der Waals surface area contributed by atoms with E-state index < -0.39 is 7.80 Å². The largest absolute Gasteiger partial charge is 0.277 e. The van der Waals surface area contributed by atoms with Crippen LogP contribution < -0.4 is 10.6 Å². The van der Waals surface area contributed by atoms with Crippen LogP contribution in [0.25, 0.3) is 0 Å². The van der Waals surface area contributed by atoms with Crippen LogP contribution in [0.1, 0.15) is 25.0 Å². The quantitative estimate of drug-likeness (QED) is 0.765. The summed E-state index contributed by atoms with van der Waals surface area (Å²) in [5, 5.41) is 1.82. The third-order valence-corrected chi connectivity index (χ3v) is 4.69. The van der Waals surface area contributed by atoms with Crippen LogP contribution in [0.4, 0.5) is 0 Å². The molecule has 2 rings (SSSR count). The summed E-state index contributed by atoms with van der Waals surface area (Å²) in [5.74, 6) is 0. The predicted molar refractivity (Wildman–Crippen MR) is 78.5 cm³/mol. The summed E-state index contributed by atoms with van der Waals surface area (Å²) in [4.78, 5) is 0. The lowest BCUT2D eigenvalue weighted by atomic mass is 10.2. The molecule has 0 saturated heterocycles. The summed E-state index contributed by atoms with van der Waals surface area (Å²) in [6.07, 6.45) is 2.03. The number of hydrogen-bond donors (Lipinski definition) is 0. The molecule has 18 heavy (non-hydrogen) atoms. The average Bonchev–Trinajstić information content (AvgIpc) is 2.47. The maximum absolute atomic E-state index is 12.4. The first-order chi connectivity index (χ1) is 8.74. The second kappa shape index (κ2) is 5.93. The van der Waals surface area contributed by atoms with Gasteiger partial charge >= 0.3 is 0 Å². The van der Waals surface area contributed by atoms with Gasteiger partial charge in [0.05, 0.1) is 0 Å². The number of rotatable bonds is 4. The van der Waals surface area contributed by atoms with E-state index in [1.807, 2.05) is 24.3 Å². The van der Waals surface area contributed by atoms with Crippen molar-refractivity contribution < 1.29 is 4.57 Å². The second-order valence-corrected chi connectivity index (χ2v) is 5.96. The lowest BCUT2D eigenvalue weighted by molar-refractivity contribution is 0.598. The fourth-order valence-corrected chi connectivity index (χ4v) is 3.02. The molecule has 0 atom stereocenters. The minimum atomic E-state index is -1.46. The molecule has 2 aromatic rings. The summed E-state index contributed by atoms with van der Waals surface area (Å²) < 4.78 is 12.4. The number of aryl methyl sites for hydroxylation is 2. The van der Waals surface area contributed by atoms with E-state index in [0.717, 1.165) is 23.5 Å². The van der Waals surface area contributed by atoms with Gasteiger partial charge in [-0.25, -0.2) is 0 Å². The van der Waals surface area contributed by atoms with Gasteiger partial charge < -0.3 is 0 Å². The Bertz CT molecular complexity index is 477. The molecule has 0 amide bonds. The highest BCUT2D eigenvalue weighted by Crippen LogP contribution is 2.20. The molecular weight excluding hydrogens is 239 g/mol. The first-order valence-electron chi connectivity index (χ1n) is 6.39. The van der Waals surface area contributed by atoms with Gasteiger partial charge in [0.1, 0.15) is 7.80 Å². The smallest absolute Gasteiger partial charge is 0.136 e. The summed E-state index contributed by atoms with van der Waals surface area (Å²) in [6.45, 7) is 4.25. The van der Waals surface area contributed by atoms with E-state index in [4.69, 9.17) is 0 Å². The number of hydrogen-bond acceptors (Lipinski definition) is 1. The van der Waals surface area contributed by atoms with Crippen LogP contribution in [-0.4, -0.2) is 0 Å². The maximum Gasteiger partial charge on any atom is 0.136 e. The predicted octanol–water partition coefficient (Wildman–Crippen LogP) is 3.59. The Morgan fingerprint density at radius 1 is 0.722 bits per heavy atom. The van der Waals surface area contributed by atoms with Crippen LogP contribution in [0.2, 0.25) is 0 Å². The molecule has 0 saturated carbocycles. The molecule has 0 bridgehead atoms. The highest BCUT2D eigenvalue weighted by molar-refractivity contribution is 7.61. The Labute approximate surface area is 110 Å². The summed E-state index contributed by atoms with van der Waals surface area (Å²) in [5.41, 5.74) is 2.56. The molecule has 2 heteroatoms. The molecule has 0 heterocycles. The van der Waals surface area contributed by atoms with Gasteiger partial charge in [-0.2, -0.15) is 0 Å². The van der Waals surface area contributed by atoms with Crippen molar-refractivity contribution in [3.8, 4) is 0 Å². The van der Waals surface area contributed by atoms with Crippen molar-refractivity contribution in [1.82, 2.24) is 0 Å². The first-order valence-corrected chi connectivity index (χ1v) is 7.65. The zero-order chi connectivity index (χ0) is 13.0. The van der Waals surface area contributed by atoms with E-state index in [0.29, 0.717) is 0 Å². The molecule has 1 nitrogen and oxygen atoms in total. The average molecular weight is 257 g/mol. The minimum absolute atomic E-state index is 0.909. The van der Waals surface area contributed by atoms with Crippen LogP contribution in [0.5, 0.6) is 0 Å². The fourth-order valence-electron chi connectivity index (χ4n) is 1.88. The number of benzene rings is 2. The zero-order valence-electron chi connectivity index (χ0n) is 10.9. The van der Waals surface area contributed by atoms with Crippen LogP contribution >= 0.6 is 7.80 Å². The molecular formula is C16H18OP. The van der Waals surface area contributed by atoms with Crippen molar-refractivity contribution in [2.45, 2.75) is 26.7 Å². The van der Waals surface area contributed by atoms with Gasteiger partial charge in [0.25, 0.3) is 0 Å². The van der Waals surface area contributed by atoms with Crippen molar-refractivity contribution in [1.29, 1.82) is 0 Å². The van der Waals surface area contributed by atoms with Gasteiger partial charge in [0.2, 0.25) is 0 Å². The van der Waals surface area contributed by atoms with E-state index >= 15 is 0 Å². The van der Waals surface area contributed by atoms with E-state index in [1.165, 1.54) is 11.1 Å². The van der Waals surface area contributed by atoms with Crippen molar-refractivity contribution in [2.75, 3.05) is 0 Å². The Balaban J connectivity index is 2.23. The SMILES string of the molecule is CCc1ccc([P](=O)c2ccc(CC)cc2)cc1. The minimum Gasteiger partial charge on any atom is -0.277 e. The highest BCUT2D eigenvalue weighted by atomic mass is 31.1. The standard InChI is InChI=1S/C16H18OP/c1-3-13-5-9-15(10-6-13)18(17)16-11-7-14(4-2)8-12-16/h5-12H,3-4H2,1-2H3. The van der Waals surface area contributed by atoms with Gasteiger partial charge in [-0.1, -0.05) is 38.1 Å². The summed E-state index contributed by atoms with van der Waals surface area (Å²) >= 11 is 0. The van der Waals surface area contributed by atoms with Gasteiger partial charge in [0, 0.05) is 10.6 Å². The Morgan fingerprint density at radius 2 is 1.06 bits per heavy atom. The molecule has 0 aliphatic carbocycles. The Hall–Kier alpha value is -1.46. The molecule has 2 aromatic carbocycles. The van der Waals surface area contributed by atoms with E-state index in [9.17, 15) is 4.57 Å². The lowest BCUT2D eigenvalue weighted by Crippen LogP contribution is -2.06. The molecule has 0 unspecified atom stereocenters. The van der Waals surface area contributed by atoms with Crippen molar-refractivity contribution in [3.05, 3.63) is 59.7 Å². The summed E-state index contributed by atoms with van der Waals surface area (Å²) in [6, 6.07) is 16.1. The molecule has 0 N–H and O–H groups in total. The second-order valence-electron chi connectivity index (χ2n) is 4.33. The zero-order valence-corrected chi connectivity index (χ0v) is 11.8. The summed E-state index contributed by atoms with van der Waals surface area (Å²) in [7, 11) is -1.46.